The molecule has 0 aromatic heterocycles. The summed E-state index contributed by atoms with van der Waals surface area (Å²) in [7, 11) is 0. The fourth-order valence-electron chi connectivity index (χ4n) is 4.13. The van der Waals surface area contributed by atoms with Crippen LogP contribution in [0.5, 0.6) is 5.75 Å². The first kappa shape index (κ1) is 17.2. The summed E-state index contributed by atoms with van der Waals surface area (Å²) in [5.41, 5.74) is 3.15. The zero-order chi connectivity index (χ0) is 18.4. The van der Waals surface area contributed by atoms with Gasteiger partial charge >= 0.3 is 5.97 Å². The molecule has 5 nitrogen and oxygen atoms in total. The smallest absolute Gasteiger partial charge is 0.332 e. The van der Waals surface area contributed by atoms with Crippen molar-refractivity contribution in [2.24, 2.45) is 0 Å². The summed E-state index contributed by atoms with van der Waals surface area (Å²) >= 11 is 3.62. The van der Waals surface area contributed by atoms with Crippen molar-refractivity contribution < 1.29 is 23.7 Å². The minimum atomic E-state index is -0.372. The first-order valence-electron chi connectivity index (χ1n) is 9.11. The van der Waals surface area contributed by atoms with Crippen LogP contribution in [0, 0.1) is 0 Å². The first-order valence-corrected chi connectivity index (χ1v) is 9.90. The molecule has 2 aliphatic heterocycles. The molecule has 2 heterocycles. The third kappa shape index (κ3) is 3.26. The van der Waals surface area contributed by atoms with Crippen LogP contribution in [0.3, 0.4) is 0 Å². The summed E-state index contributed by atoms with van der Waals surface area (Å²) in [6.45, 7) is 0.500. The molecule has 0 radical (unpaired) electrons. The molecule has 140 valence electrons. The van der Waals surface area contributed by atoms with Gasteiger partial charge < -0.3 is 18.9 Å². The van der Waals surface area contributed by atoms with Gasteiger partial charge in [-0.3, -0.25) is 0 Å². The molecule has 3 aliphatic rings. The summed E-state index contributed by atoms with van der Waals surface area (Å²) in [6.07, 6.45) is 1.76. The van der Waals surface area contributed by atoms with Gasteiger partial charge in [0.1, 0.15) is 25.1 Å². The lowest BCUT2D eigenvalue weighted by Crippen LogP contribution is -2.18. The summed E-state index contributed by atoms with van der Waals surface area (Å²) in [5, 5.41) is 0. The van der Waals surface area contributed by atoms with Crippen molar-refractivity contribution in [3.63, 3.8) is 0 Å². The molecule has 1 saturated carbocycles. The number of hydrogen-bond acceptors (Lipinski definition) is 5. The van der Waals surface area contributed by atoms with Crippen LogP contribution in [0.25, 0.3) is 0 Å². The van der Waals surface area contributed by atoms with Gasteiger partial charge in [0.2, 0.25) is 0 Å². The maximum Gasteiger partial charge on any atom is 0.332 e. The fraction of sp³-hybridized carbons (Fsp3) is 0.381. The van der Waals surface area contributed by atoms with E-state index < -0.39 is 0 Å². The van der Waals surface area contributed by atoms with Crippen LogP contribution >= 0.6 is 15.9 Å². The van der Waals surface area contributed by atoms with E-state index in [1.54, 1.807) is 0 Å². The lowest BCUT2D eigenvalue weighted by Gasteiger charge is -2.14. The molecular weight excluding hydrogens is 412 g/mol. The highest BCUT2D eigenvalue weighted by atomic mass is 79.9. The highest BCUT2D eigenvalue weighted by Gasteiger charge is 2.60. The van der Waals surface area contributed by atoms with Crippen LogP contribution in [0.4, 0.5) is 0 Å². The van der Waals surface area contributed by atoms with Gasteiger partial charge in [0.05, 0.1) is 24.7 Å². The molecule has 0 amide bonds. The molecule has 4 atom stereocenters. The molecule has 2 aromatic rings. The SMILES string of the molecule is O=C(COCc1c(Br)ccc2c1C1C(C[C@H]3O[C@@H]13)O2)OCc1ccccc1. The Morgan fingerprint density at radius 3 is 2.81 bits per heavy atom. The standard InChI is InChI=1S/C21H19BrO5/c22-14-6-7-15-19(20-16(26-15)8-17-21(20)27-17)13(14)10-24-11-18(23)25-9-12-4-2-1-3-5-12/h1-7,16-17,20-21H,8-11H2/t16?,17-,20?,21-/m1/s1. The van der Waals surface area contributed by atoms with E-state index in [1.165, 1.54) is 0 Å². The van der Waals surface area contributed by atoms with Crippen molar-refractivity contribution in [2.75, 3.05) is 6.61 Å². The maximum absolute atomic E-state index is 12.0. The molecule has 0 spiro atoms. The predicted molar refractivity (Wildman–Crippen MR) is 100 cm³/mol. The van der Waals surface area contributed by atoms with Crippen LogP contribution in [0.15, 0.2) is 46.9 Å². The van der Waals surface area contributed by atoms with Gasteiger partial charge in [-0.25, -0.2) is 4.79 Å². The van der Waals surface area contributed by atoms with Gasteiger partial charge in [-0.2, -0.15) is 0 Å². The molecule has 0 bridgehead atoms. The van der Waals surface area contributed by atoms with Crippen LogP contribution in [0.1, 0.15) is 29.0 Å². The number of carbonyl (C=O) groups is 1. The minimum Gasteiger partial charge on any atom is -0.489 e. The molecule has 0 N–H and O–H groups in total. The molecule has 2 aromatic carbocycles. The van der Waals surface area contributed by atoms with Crippen LogP contribution in [-0.4, -0.2) is 30.9 Å². The number of rotatable bonds is 6. The number of ether oxygens (including phenoxy) is 4. The molecule has 1 saturated heterocycles. The Hall–Kier alpha value is -1.89. The van der Waals surface area contributed by atoms with E-state index in [0.717, 1.165) is 33.3 Å². The average Bonchev–Trinajstić information content (AvgIpc) is 3.19. The number of esters is 1. The van der Waals surface area contributed by atoms with Crippen molar-refractivity contribution in [1.29, 1.82) is 0 Å². The lowest BCUT2D eigenvalue weighted by atomic mass is 9.92. The number of benzene rings is 2. The van der Waals surface area contributed by atoms with E-state index in [-0.39, 0.29) is 37.3 Å². The topological polar surface area (TPSA) is 57.3 Å². The van der Waals surface area contributed by atoms with Crippen molar-refractivity contribution in [2.45, 2.75) is 43.9 Å². The largest absolute Gasteiger partial charge is 0.489 e. The second-order valence-electron chi connectivity index (χ2n) is 7.13. The zero-order valence-electron chi connectivity index (χ0n) is 14.6. The van der Waals surface area contributed by atoms with Gasteiger partial charge in [-0.05, 0) is 23.3 Å². The van der Waals surface area contributed by atoms with Crippen molar-refractivity contribution in [1.82, 2.24) is 0 Å². The fourth-order valence-corrected chi connectivity index (χ4v) is 4.59. The zero-order valence-corrected chi connectivity index (χ0v) is 16.2. The Morgan fingerprint density at radius 1 is 1.11 bits per heavy atom. The Labute approximate surface area is 165 Å². The van der Waals surface area contributed by atoms with E-state index in [1.807, 2.05) is 42.5 Å². The summed E-state index contributed by atoms with van der Waals surface area (Å²) < 4.78 is 23.7. The van der Waals surface area contributed by atoms with Crippen LogP contribution < -0.4 is 4.74 Å². The van der Waals surface area contributed by atoms with Crippen LogP contribution in [0.2, 0.25) is 0 Å². The molecule has 1 aliphatic carbocycles. The van der Waals surface area contributed by atoms with Gasteiger partial charge in [0.15, 0.2) is 0 Å². The number of fused-ring (bicyclic) bond motifs is 5. The Balaban J connectivity index is 1.21. The average molecular weight is 431 g/mol. The highest BCUT2D eigenvalue weighted by Crippen LogP contribution is 2.57. The molecule has 2 unspecified atom stereocenters. The van der Waals surface area contributed by atoms with E-state index in [9.17, 15) is 4.79 Å². The quantitative estimate of drug-likeness (QED) is 0.516. The number of hydrogen-bond donors (Lipinski definition) is 0. The molecular formula is C21H19BrO5. The van der Waals surface area contributed by atoms with Gasteiger partial charge in [0.25, 0.3) is 0 Å². The second kappa shape index (κ2) is 6.93. The van der Waals surface area contributed by atoms with Crippen LogP contribution in [-0.2, 0) is 32.2 Å². The van der Waals surface area contributed by atoms with Crippen molar-refractivity contribution in [3.8, 4) is 5.75 Å². The van der Waals surface area contributed by atoms with Gasteiger partial charge in [-0.15, -0.1) is 0 Å². The number of halogens is 1. The molecule has 6 heteroatoms. The van der Waals surface area contributed by atoms with Crippen molar-refractivity contribution in [3.05, 3.63) is 63.6 Å². The summed E-state index contributed by atoms with van der Waals surface area (Å²) in [4.78, 5) is 12.0. The van der Waals surface area contributed by atoms with Crippen molar-refractivity contribution >= 4 is 21.9 Å². The monoisotopic (exact) mass is 430 g/mol. The van der Waals surface area contributed by atoms with Gasteiger partial charge in [0, 0.05) is 16.5 Å². The molecule has 2 fully saturated rings. The Kier molecular flexibility index (Phi) is 4.42. The molecule has 27 heavy (non-hydrogen) atoms. The minimum absolute atomic E-state index is 0.0829. The molecule has 5 rings (SSSR count). The Morgan fingerprint density at radius 2 is 1.96 bits per heavy atom. The maximum atomic E-state index is 12.0. The third-order valence-electron chi connectivity index (χ3n) is 5.42. The predicted octanol–water partition coefficient (Wildman–Crippen LogP) is 3.72. The lowest BCUT2D eigenvalue weighted by molar-refractivity contribution is -0.150. The Bertz CT molecular complexity index is 868. The number of epoxide rings is 1. The normalized spacial score (nSPS) is 26.7. The van der Waals surface area contributed by atoms with E-state index >= 15 is 0 Å². The third-order valence-corrected chi connectivity index (χ3v) is 6.16. The summed E-state index contributed by atoms with van der Waals surface area (Å²) in [6, 6.07) is 13.6. The second-order valence-corrected chi connectivity index (χ2v) is 7.99. The first-order chi connectivity index (χ1) is 13.2. The van der Waals surface area contributed by atoms with E-state index in [0.29, 0.717) is 12.7 Å². The van der Waals surface area contributed by atoms with E-state index in [4.69, 9.17) is 18.9 Å². The summed E-state index contributed by atoms with van der Waals surface area (Å²) in [5.74, 6) is 0.807. The van der Waals surface area contributed by atoms with Gasteiger partial charge in [-0.1, -0.05) is 46.3 Å². The number of carbonyl (C=O) groups excluding carboxylic acids is 1. The van der Waals surface area contributed by atoms with E-state index in [2.05, 4.69) is 15.9 Å². The highest BCUT2D eigenvalue weighted by molar-refractivity contribution is 9.10.